The molecule has 4 heteroatoms. The molecular formula is C21H25N3O. The minimum atomic E-state index is 0.139. The molecule has 0 saturated carbocycles. The molecule has 0 aliphatic heterocycles. The topological polar surface area (TPSA) is 46.9 Å². The molecule has 1 aromatic heterocycles. The van der Waals surface area contributed by atoms with Gasteiger partial charge in [-0.25, -0.2) is 4.98 Å². The summed E-state index contributed by atoms with van der Waals surface area (Å²) in [6.45, 7) is 3.54. The summed E-state index contributed by atoms with van der Waals surface area (Å²) in [7, 11) is 0. The minimum Gasteiger partial charge on any atom is -0.356 e. The molecule has 0 bridgehead atoms. The van der Waals surface area contributed by atoms with Crippen molar-refractivity contribution in [3.63, 3.8) is 0 Å². The molecule has 0 saturated heterocycles. The van der Waals surface area contributed by atoms with E-state index in [1.54, 1.807) is 0 Å². The van der Waals surface area contributed by atoms with Gasteiger partial charge in [0.2, 0.25) is 5.91 Å². The minimum absolute atomic E-state index is 0.139. The van der Waals surface area contributed by atoms with Gasteiger partial charge in [0.25, 0.3) is 0 Å². The summed E-state index contributed by atoms with van der Waals surface area (Å²) in [5, 5.41) is 2.98. The molecule has 2 aromatic carbocycles. The number of aryl methyl sites for hydroxylation is 1. The predicted octanol–water partition coefficient (Wildman–Crippen LogP) is 3.93. The summed E-state index contributed by atoms with van der Waals surface area (Å²) in [6, 6.07) is 18.7. The van der Waals surface area contributed by atoms with Crippen LogP contribution in [0.5, 0.6) is 0 Å². The molecule has 130 valence electrons. The second-order valence-corrected chi connectivity index (χ2v) is 6.29. The van der Waals surface area contributed by atoms with Gasteiger partial charge in [0.15, 0.2) is 0 Å². The summed E-state index contributed by atoms with van der Waals surface area (Å²) < 4.78 is 2.29. The van der Waals surface area contributed by atoms with Gasteiger partial charge in [-0.05, 0) is 30.5 Å². The van der Waals surface area contributed by atoms with Crippen molar-refractivity contribution in [3.05, 3.63) is 66.0 Å². The Kier molecular flexibility index (Phi) is 5.83. The lowest BCUT2D eigenvalue weighted by atomic mass is 10.2. The Hall–Kier alpha value is -2.62. The number of rotatable bonds is 8. The number of hydrogen-bond acceptors (Lipinski definition) is 2. The maximum absolute atomic E-state index is 11.6. The van der Waals surface area contributed by atoms with Crippen LogP contribution in [0, 0.1) is 0 Å². The molecule has 0 radical (unpaired) electrons. The number of nitrogens with one attached hydrogen (secondary N) is 1. The van der Waals surface area contributed by atoms with Crippen molar-refractivity contribution in [2.45, 2.75) is 39.2 Å². The average Bonchev–Trinajstić information content (AvgIpc) is 2.98. The highest BCUT2D eigenvalue weighted by Gasteiger charge is 2.10. The zero-order valence-corrected chi connectivity index (χ0v) is 14.7. The number of imidazole rings is 1. The molecule has 0 fully saturated rings. The van der Waals surface area contributed by atoms with Crippen LogP contribution >= 0.6 is 0 Å². The van der Waals surface area contributed by atoms with Crippen molar-refractivity contribution >= 4 is 16.9 Å². The molecule has 1 N–H and O–H groups in total. The molecular weight excluding hydrogens is 310 g/mol. The van der Waals surface area contributed by atoms with E-state index >= 15 is 0 Å². The summed E-state index contributed by atoms with van der Waals surface area (Å²) in [5.41, 5.74) is 3.46. The van der Waals surface area contributed by atoms with Gasteiger partial charge in [0.05, 0.1) is 11.0 Å². The van der Waals surface area contributed by atoms with Crippen LogP contribution in [-0.2, 0) is 17.8 Å². The SMILES string of the molecule is CCCC(=O)NCCCc1nc2ccccc2n1Cc1ccccc1. The summed E-state index contributed by atoms with van der Waals surface area (Å²) in [5.74, 6) is 1.22. The van der Waals surface area contributed by atoms with Gasteiger partial charge in [0, 0.05) is 25.9 Å². The quantitative estimate of drug-likeness (QED) is 0.634. The molecule has 1 amide bonds. The highest BCUT2D eigenvalue weighted by Crippen LogP contribution is 2.19. The van der Waals surface area contributed by atoms with Gasteiger partial charge in [-0.15, -0.1) is 0 Å². The van der Waals surface area contributed by atoms with E-state index in [9.17, 15) is 4.79 Å². The first-order valence-electron chi connectivity index (χ1n) is 9.02. The van der Waals surface area contributed by atoms with E-state index in [4.69, 9.17) is 4.98 Å². The maximum atomic E-state index is 11.6. The number of fused-ring (bicyclic) bond motifs is 1. The van der Waals surface area contributed by atoms with Crippen LogP contribution in [0.3, 0.4) is 0 Å². The van der Waals surface area contributed by atoms with Gasteiger partial charge < -0.3 is 9.88 Å². The monoisotopic (exact) mass is 335 g/mol. The molecule has 3 aromatic rings. The van der Waals surface area contributed by atoms with E-state index in [0.29, 0.717) is 13.0 Å². The first-order chi connectivity index (χ1) is 12.3. The van der Waals surface area contributed by atoms with Gasteiger partial charge in [-0.1, -0.05) is 49.4 Å². The first kappa shape index (κ1) is 17.2. The third-order valence-electron chi connectivity index (χ3n) is 4.29. The largest absolute Gasteiger partial charge is 0.356 e. The molecule has 0 spiro atoms. The Morgan fingerprint density at radius 2 is 1.84 bits per heavy atom. The molecule has 4 nitrogen and oxygen atoms in total. The van der Waals surface area contributed by atoms with E-state index in [2.05, 4.69) is 52.3 Å². The van der Waals surface area contributed by atoms with Gasteiger partial charge in [0.1, 0.15) is 5.82 Å². The maximum Gasteiger partial charge on any atom is 0.219 e. The van der Waals surface area contributed by atoms with Crippen molar-refractivity contribution in [3.8, 4) is 0 Å². The summed E-state index contributed by atoms with van der Waals surface area (Å²) >= 11 is 0. The number of nitrogens with zero attached hydrogens (tertiary/aromatic N) is 2. The number of amides is 1. The molecule has 0 aliphatic carbocycles. The highest BCUT2D eigenvalue weighted by atomic mass is 16.1. The second kappa shape index (κ2) is 8.47. The van der Waals surface area contributed by atoms with Crippen LogP contribution in [0.15, 0.2) is 54.6 Å². The lowest BCUT2D eigenvalue weighted by molar-refractivity contribution is -0.121. The fraction of sp³-hybridized carbons (Fsp3) is 0.333. The average molecular weight is 335 g/mol. The highest BCUT2D eigenvalue weighted by molar-refractivity contribution is 5.76. The molecule has 25 heavy (non-hydrogen) atoms. The van der Waals surface area contributed by atoms with Crippen LogP contribution in [0.25, 0.3) is 11.0 Å². The fourth-order valence-electron chi connectivity index (χ4n) is 3.05. The molecule has 3 rings (SSSR count). The smallest absolute Gasteiger partial charge is 0.219 e. The number of benzene rings is 2. The second-order valence-electron chi connectivity index (χ2n) is 6.29. The molecule has 0 unspecified atom stereocenters. The predicted molar refractivity (Wildman–Crippen MR) is 102 cm³/mol. The van der Waals surface area contributed by atoms with Gasteiger partial charge in [-0.2, -0.15) is 0 Å². The number of carbonyl (C=O) groups excluding carboxylic acids is 1. The zero-order chi connectivity index (χ0) is 17.5. The molecule has 0 atom stereocenters. The van der Waals surface area contributed by atoms with Gasteiger partial charge in [-0.3, -0.25) is 4.79 Å². The van der Waals surface area contributed by atoms with Gasteiger partial charge >= 0.3 is 0 Å². The Morgan fingerprint density at radius 1 is 1.08 bits per heavy atom. The van der Waals surface area contributed by atoms with Crippen molar-refractivity contribution < 1.29 is 4.79 Å². The van der Waals surface area contributed by atoms with Crippen LogP contribution in [0.2, 0.25) is 0 Å². The van der Waals surface area contributed by atoms with Crippen molar-refractivity contribution in [2.24, 2.45) is 0 Å². The molecule has 0 aliphatic rings. The number of para-hydroxylation sites is 2. The first-order valence-corrected chi connectivity index (χ1v) is 9.02. The molecule has 1 heterocycles. The number of hydrogen-bond donors (Lipinski definition) is 1. The lowest BCUT2D eigenvalue weighted by Crippen LogP contribution is -2.24. The normalized spacial score (nSPS) is 10.9. The van der Waals surface area contributed by atoms with Crippen molar-refractivity contribution in [2.75, 3.05) is 6.54 Å². The van der Waals surface area contributed by atoms with E-state index in [-0.39, 0.29) is 5.91 Å². The van der Waals surface area contributed by atoms with Crippen LogP contribution in [0.1, 0.15) is 37.6 Å². The number of carbonyl (C=O) groups is 1. The third-order valence-corrected chi connectivity index (χ3v) is 4.29. The summed E-state index contributed by atoms with van der Waals surface area (Å²) in [4.78, 5) is 16.4. The summed E-state index contributed by atoms with van der Waals surface area (Å²) in [6.07, 6.45) is 3.24. The Balaban J connectivity index is 1.73. The van der Waals surface area contributed by atoms with E-state index in [1.807, 2.05) is 19.1 Å². The van der Waals surface area contributed by atoms with Crippen LogP contribution in [-0.4, -0.2) is 22.0 Å². The van der Waals surface area contributed by atoms with Crippen molar-refractivity contribution in [1.29, 1.82) is 0 Å². The van der Waals surface area contributed by atoms with Crippen LogP contribution < -0.4 is 5.32 Å². The number of aromatic nitrogens is 2. The third kappa shape index (κ3) is 4.47. The van der Waals surface area contributed by atoms with Crippen molar-refractivity contribution in [1.82, 2.24) is 14.9 Å². The Labute approximate surface area is 148 Å². The van der Waals surface area contributed by atoms with E-state index in [1.165, 1.54) is 5.56 Å². The Bertz CT molecular complexity index is 824. The zero-order valence-electron chi connectivity index (χ0n) is 14.7. The van der Waals surface area contributed by atoms with Crippen LogP contribution in [0.4, 0.5) is 0 Å². The van der Waals surface area contributed by atoms with E-state index in [0.717, 1.165) is 42.7 Å². The fourth-order valence-corrected chi connectivity index (χ4v) is 3.05. The standard InChI is InChI=1S/C21H25N3O/c1-2-9-21(25)22-15-8-14-20-23-18-12-6-7-13-19(18)24(20)16-17-10-4-3-5-11-17/h3-7,10-13H,2,8-9,14-16H2,1H3,(H,22,25). The lowest BCUT2D eigenvalue weighted by Gasteiger charge is -2.10. The van der Waals surface area contributed by atoms with E-state index < -0.39 is 0 Å². The Morgan fingerprint density at radius 3 is 2.64 bits per heavy atom.